The molecule has 190 valence electrons. The smallest absolute Gasteiger partial charge is 0.359 e. The second kappa shape index (κ2) is 9.36. The first-order valence-corrected chi connectivity index (χ1v) is 12.5. The van der Waals surface area contributed by atoms with Crippen LogP contribution in [0.25, 0.3) is 0 Å². The number of carbonyl (C=O) groups excluding carboxylic acids is 2. The van der Waals surface area contributed by atoms with Gasteiger partial charge in [-0.3, -0.25) is 19.8 Å². The molecule has 2 aromatic carbocycles. The van der Waals surface area contributed by atoms with Crippen LogP contribution in [0.4, 0.5) is 5.69 Å². The number of non-ortho nitro benzene ring substituents is 1. The van der Waals surface area contributed by atoms with Crippen molar-refractivity contribution in [3.05, 3.63) is 81.2 Å². The molecule has 36 heavy (non-hydrogen) atoms. The van der Waals surface area contributed by atoms with E-state index in [1.54, 1.807) is 26.0 Å². The second-order valence-electron chi connectivity index (χ2n) is 8.82. The van der Waals surface area contributed by atoms with Crippen LogP contribution in [0.15, 0.2) is 64.9 Å². The van der Waals surface area contributed by atoms with E-state index in [0.717, 1.165) is 10.5 Å². The number of carbonyl (C=O) groups is 2. The maximum atomic E-state index is 13.1. The van der Waals surface area contributed by atoms with Gasteiger partial charge in [0.05, 0.1) is 23.0 Å². The number of β-lactam (4-membered cyclic amide) rings is 1. The summed E-state index contributed by atoms with van der Waals surface area (Å²) in [5.41, 5.74) is 0.815. The van der Waals surface area contributed by atoms with E-state index in [1.165, 1.54) is 43.3 Å². The molecule has 0 aromatic heterocycles. The quantitative estimate of drug-likeness (QED) is 0.183. The summed E-state index contributed by atoms with van der Waals surface area (Å²) >= 11 is 0. The Kier molecular flexibility index (Phi) is 6.58. The summed E-state index contributed by atoms with van der Waals surface area (Å²) in [6.07, 6.45) is -1.02. The summed E-state index contributed by atoms with van der Waals surface area (Å²) in [6.45, 7) is 4.57. The standard InChI is InChI=1S/C24H24N2O9S/c1-13-4-10-18(11-5-13)36(32,33)35-22-14(2)20-19(15(3)27)23(28)25(20)21(22)24(29)34-12-16-6-8-17(9-7-16)26(30)31/h4-11,14-15,19-20,27H,12H2,1-3H3/t14-,15-,19-,20?/m1/s1. The van der Waals surface area contributed by atoms with E-state index in [4.69, 9.17) is 8.92 Å². The Morgan fingerprint density at radius 2 is 1.78 bits per heavy atom. The van der Waals surface area contributed by atoms with Gasteiger partial charge in [-0.1, -0.05) is 24.6 Å². The Morgan fingerprint density at radius 3 is 2.33 bits per heavy atom. The lowest BCUT2D eigenvalue weighted by atomic mass is 9.79. The predicted molar refractivity (Wildman–Crippen MR) is 124 cm³/mol. The minimum Gasteiger partial charge on any atom is -0.456 e. The number of benzene rings is 2. The van der Waals surface area contributed by atoms with Crippen LogP contribution >= 0.6 is 0 Å². The zero-order chi connectivity index (χ0) is 26.4. The lowest BCUT2D eigenvalue weighted by Gasteiger charge is -2.46. The van der Waals surface area contributed by atoms with Gasteiger partial charge >= 0.3 is 16.1 Å². The van der Waals surface area contributed by atoms with Gasteiger partial charge in [0.1, 0.15) is 11.5 Å². The Balaban J connectivity index is 1.64. The van der Waals surface area contributed by atoms with Crippen LogP contribution in [-0.4, -0.2) is 47.4 Å². The van der Waals surface area contributed by atoms with Gasteiger partial charge in [0.2, 0.25) is 5.91 Å². The monoisotopic (exact) mass is 516 g/mol. The van der Waals surface area contributed by atoms with Crippen molar-refractivity contribution >= 4 is 27.7 Å². The number of amides is 1. The van der Waals surface area contributed by atoms with Crippen LogP contribution < -0.4 is 0 Å². The minimum atomic E-state index is -4.34. The van der Waals surface area contributed by atoms with Crippen molar-refractivity contribution in [2.75, 3.05) is 0 Å². The highest BCUT2D eigenvalue weighted by atomic mass is 32.2. The fraction of sp³-hybridized carbons (Fsp3) is 0.333. The molecule has 2 heterocycles. The van der Waals surface area contributed by atoms with E-state index in [1.807, 2.05) is 0 Å². The van der Waals surface area contributed by atoms with E-state index < -0.39 is 50.9 Å². The molecule has 0 aliphatic carbocycles. The van der Waals surface area contributed by atoms with Crippen molar-refractivity contribution in [2.45, 2.75) is 44.4 Å². The summed E-state index contributed by atoms with van der Waals surface area (Å²) in [6, 6.07) is 10.6. The number of hydrogen-bond donors (Lipinski definition) is 1. The Morgan fingerprint density at radius 1 is 1.17 bits per heavy atom. The Labute approximate surface area is 207 Å². The van der Waals surface area contributed by atoms with E-state index in [2.05, 4.69) is 0 Å². The number of ether oxygens (including phenoxy) is 1. The maximum Gasteiger partial charge on any atom is 0.359 e. The molecule has 0 radical (unpaired) electrons. The van der Waals surface area contributed by atoms with E-state index in [9.17, 15) is 33.2 Å². The van der Waals surface area contributed by atoms with Gasteiger partial charge in [0.25, 0.3) is 5.69 Å². The van der Waals surface area contributed by atoms with Crippen molar-refractivity contribution < 1.29 is 37.0 Å². The fourth-order valence-electron chi connectivity index (χ4n) is 4.42. The third kappa shape index (κ3) is 4.44. The Hall–Kier alpha value is -3.77. The fourth-order valence-corrected chi connectivity index (χ4v) is 5.46. The van der Waals surface area contributed by atoms with Gasteiger partial charge in [0.15, 0.2) is 11.5 Å². The number of nitro groups is 1. The zero-order valence-electron chi connectivity index (χ0n) is 19.7. The minimum absolute atomic E-state index is 0.126. The third-order valence-corrected chi connectivity index (χ3v) is 7.58. The van der Waals surface area contributed by atoms with Crippen LogP contribution in [-0.2, 0) is 35.2 Å². The number of rotatable bonds is 8. The van der Waals surface area contributed by atoms with Gasteiger partial charge in [-0.25, -0.2) is 4.79 Å². The number of aliphatic hydroxyl groups excluding tert-OH is 1. The van der Waals surface area contributed by atoms with Crippen molar-refractivity contribution in [3.63, 3.8) is 0 Å². The van der Waals surface area contributed by atoms with E-state index >= 15 is 0 Å². The number of aliphatic hydroxyl groups is 1. The normalized spacial score (nSPS) is 22.1. The van der Waals surface area contributed by atoms with Crippen LogP contribution in [0.1, 0.15) is 25.0 Å². The zero-order valence-corrected chi connectivity index (χ0v) is 20.5. The van der Waals surface area contributed by atoms with E-state index in [0.29, 0.717) is 5.56 Å². The highest BCUT2D eigenvalue weighted by Crippen LogP contribution is 2.48. The molecule has 0 spiro atoms. The van der Waals surface area contributed by atoms with Gasteiger partial charge in [-0.2, -0.15) is 8.42 Å². The number of aryl methyl sites for hydroxylation is 1. The van der Waals surface area contributed by atoms with Gasteiger partial charge in [-0.05, 0) is 43.7 Å². The predicted octanol–water partition coefficient (Wildman–Crippen LogP) is 2.42. The first-order chi connectivity index (χ1) is 16.9. The van der Waals surface area contributed by atoms with E-state index in [-0.39, 0.29) is 28.6 Å². The molecular weight excluding hydrogens is 492 g/mol. The highest BCUT2D eigenvalue weighted by Gasteiger charge is 2.61. The maximum absolute atomic E-state index is 13.1. The molecule has 4 rings (SSSR count). The first-order valence-electron chi connectivity index (χ1n) is 11.1. The molecule has 1 unspecified atom stereocenters. The molecule has 1 N–H and O–H groups in total. The molecule has 2 aliphatic heterocycles. The summed E-state index contributed by atoms with van der Waals surface area (Å²) in [5.74, 6) is -3.33. The van der Waals surface area contributed by atoms with Crippen LogP contribution in [0.3, 0.4) is 0 Å². The molecule has 11 nitrogen and oxygen atoms in total. The second-order valence-corrected chi connectivity index (χ2v) is 10.4. The molecule has 4 atom stereocenters. The molecule has 2 aliphatic rings. The first kappa shape index (κ1) is 25.3. The highest BCUT2D eigenvalue weighted by molar-refractivity contribution is 7.86. The molecule has 0 bridgehead atoms. The van der Waals surface area contributed by atoms with Crippen LogP contribution in [0.5, 0.6) is 0 Å². The van der Waals surface area contributed by atoms with Crippen LogP contribution in [0, 0.1) is 28.9 Å². The molecule has 2 aromatic rings. The van der Waals surface area contributed by atoms with Crippen LogP contribution in [0.2, 0.25) is 0 Å². The summed E-state index contributed by atoms with van der Waals surface area (Å²) in [5, 5.41) is 20.9. The third-order valence-electron chi connectivity index (χ3n) is 6.33. The van der Waals surface area contributed by atoms with Crippen molar-refractivity contribution in [1.29, 1.82) is 0 Å². The lowest BCUT2D eigenvalue weighted by molar-refractivity contribution is -0.384. The summed E-state index contributed by atoms with van der Waals surface area (Å²) < 4.78 is 36.7. The largest absolute Gasteiger partial charge is 0.456 e. The average molecular weight is 517 g/mol. The molecular formula is C24H24N2O9S. The number of esters is 1. The molecule has 12 heteroatoms. The molecule has 1 fully saturated rings. The number of nitro benzene ring substituents is 1. The topological polar surface area (TPSA) is 153 Å². The molecule has 0 saturated carbocycles. The molecule has 1 saturated heterocycles. The van der Waals surface area contributed by atoms with Gasteiger partial charge < -0.3 is 14.0 Å². The lowest BCUT2D eigenvalue weighted by Crippen LogP contribution is -2.63. The summed E-state index contributed by atoms with van der Waals surface area (Å²) in [7, 11) is -4.34. The average Bonchev–Trinajstić information content (AvgIpc) is 3.05. The Bertz CT molecular complexity index is 1350. The number of nitrogens with zero attached hydrogens (tertiary/aromatic N) is 2. The van der Waals surface area contributed by atoms with Gasteiger partial charge in [0, 0.05) is 18.1 Å². The number of hydrogen-bond acceptors (Lipinski definition) is 9. The van der Waals surface area contributed by atoms with Crippen molar-refractivity contribution in [1.82, 2.24) is 4.90 Å². The van der Waals surface area contributed by atoms with Crippen molar-refractivity contribution in [3.8, 4) is 0 Å². The summed E-state index contributed by atoms with van der Waals surface area (Å²) in [4.78, 5) is 37.2. The number of fused-ring (bicyclic) bond motifs is 1. The molecule has 1 amide bonds. The van der Waals surface area contributed by atoms with Gasteiger partial charge in [-0.15, -0.1) is 0 Å². The van der Waals surface area contributed by atoms with Crippen molar-refractivity contribution in [2.24, 2.45) is 11.8 Å². The SMILES string of the molecule is Cc1ccc(S(=O)(=O)OC2=C(C(=O)OCc3ccc([N+](=O)[O-])cc3)N3C(=O)[C@H]([C@@H](C)O)C3[C@H]2C)cc1.